The van der Waals surface area contributed by atoms with E-state index in [2.05, 4.69) is 15.4 Å². The fourth-order valence-corrected chi connectivity index (χ4v) is 2.25. The predicted octanol–water partition coefficient (Wildman–Crippen LogP) is 2.34. The predicted molar refractivity (Wildman–Crippen MR) is 93.6 cm³/mol. The highest BCUT2D eigenvalue weighted by atomic mass is 16.5. The summed E-state index contributed by atoms with van der Waals surface area (Å²) in [6.45, 7) is 11.0. The van der Waals surface area contributed by atoms with E-state index in [9.17, 15) is 9.59 Å². The molecule has 2 rings (SSSR count). The first-order chi connectivity index (χ1) is 11.6. The van der Waals surface area contributed by atoms with E-state index in [0.717, 1.165) is 11.4 Å². The van der Waals surface area contributed by atoms with E-state index in [4.69, 9.17) is 4.74 Å². The lowest BCUT2D eigenvalue weighted by Gasteiger charge is -2.23. The number of amides is 1. The van der Waals surface area contributed by atoms with Crippen LogP contribution >= 0.6 is 0 Å². The lowest BCUT2D eigenvalue weighted by Crippen LogP contribution is -2.46. The number of hydrogen-bond donors (Lipinski definition) is 1. The molecular formula is C18H24N4O3. The molecule has 0 radical (unpaired) electrons. The van der Waals surface area contributed by atoms with Crippen molar-refractivity contribution in [3.63, 3.8) is 0 Å². The van der Waals surface area contributed by atoms with Crippen LogP contribution in [0.3, 0.4) is 0 Å². The Morgan fingerprint density at radius 1 is 1.24 bits per heavy atom. The Morgan fingerprint density at radius 2 is 1.92 bits per heavy atom. The average Bonchev–Trinajstić information content (AvgIpc) is 2.84. The van der Waals surface area contributed by atoms with E-state index in [1.54, 1.807) is 16.8 Å². The third-order valence-electron chi connectivity index (χ3n) is 3.36. The van der Waals surface area contributed by atoms with E-state index >= 15 is 0 Å². The minimum atomic E-state index is -0.887. The molecule has 2 aromatic heterocycles. The maximum atomic E-state index is 12.2. The summed E-state index contributed by atoms with van der Waals surface area (Å²) in [5.74, 6) is -0.322. The highest BCUT2D eigenvalue weighted by molar-refractivity contribution is 5.92. The maximum Gasteiger partial charge on any atom is 0.340 e. The summed E-state index contributed by atoms with van der Waals surface area (Å²) < 4.78 is 6.90. The molecule has 1 atom stereocenters. The summed E-state index contributed by atoms with van der Waals surface area (Å²) in [7, 11) is 0. The smallest absolute Gasteiger partial charge is 0.340 e. The second kappa shape index (κ2) is 7.04. The molecule has 0 aromatic carbocycles. The van der Waals surface area contributed by atoms with Crippen molar-refractivity contribution >= 4 is 11.9 Å². The van der Waals surface area contributed by atoms with Gasteiger partial charge in [0.1, 0.15) is 0 Å². The van der Waals surface area contributed by atoms with Crippen molar-refractivity contribution in [1.82, 2.24) is 20.1 Å². The van der Waals surface area contributed by atoms with Crippen LogP contribution in [0.2, 0.25) is 0 Å². The normalized spacial score (nSPS) is 12.6. The van der Waals surface area contributed by atoms with Gasteiger partial charge in [-0.1, -0.05) is 0 Å². The Bertz CT molecular complexity index is 773. The molecule has 0 aliphatic carbocycles. The van der Waals surface area contributed by atoms with Gasteiger partial charge in [0, 0.05) is 17.4 Å². The van der Waals surface area contributed by atoms with Gasteiger partial charge >= 0.3 is 5.97 Å². The molecule has 7 heteroatoms. The highest BCUT2D eigenvalue weighted by Gasteiger charge is 2.23. The standard InChI is InChI=1S/C18H24N4O3/c1-11-9-12(2)22(21-11)15-8-7-14(10-19-15)17(24)25-13(3)16(23)20-18(4,5)6/h7-10,13H,1-6H3,(H,20,23). The molecule has 0 saturated carbocycles. The van der Waals surface area contributed by atoms with Crippen LogP contribution in [0.15, 0.2) is 24.4 Å². The lowest BCUT2D eigenvalue weighted by molar-refractivity contribution is -0.130. The van der Waals surface area contributed by atoms with Crippen LogP contribution in [0.5, 0.6) is 0 Å². The number of nitrogens with zero attached hydrogens (tertiary/aromatic N) is 3. The quantitative estimate of drug-likeness (QED) is 0.861. The third kappa shape index (κ3) is 4.89. The van der Waals surface area contributed by atoms with Gasteiger partial charge in [0.15, 0.2) is 11.9 Å². The fraction of sp³-hybridized carbons (Fsp3) is 0.444. The Morgan fingerprint density at radius 3 is 2.40 bits per heavy atom. The molecule has 7 nitrogen and oxygen atoms in total. The van der Waals surface area contributed by atoms with Crippen molar-refractivity contribution in [2.75, 3.05) is 0 Å². The molecule has 1 amide bonds. The number of aromatic nitrogens is 3. The topological polar surface area (TPSA) is 86.1 Å². The number of esters is 1. The number of rotatable bonds is 4. The van der Waals surface area contributed by atoms with E-state index in [1.165, 1.54) is 13.1 Å². The van der Waals surface area contributed by atoms with Gasteiger partial charge in [-0.3, -0.25) is 4.79 Å². The minimum Gasteiger partial charge on any atom is -0.449 e. The largest absolute Gasteiger partial charge is 0.449 e. The van der Waals surface area contributed by atoms with Crippen LogP contribution in [0.25, 0.3) is 5.82 Å². The van der Waals surface area contributed by atoms with Crippen LogP contribution < -0.4 is 5.32 Å². The van der Waals surface area contributed by atoms with Gasteiger partial charge in [-0.25, -0.2) is 14.5 Å². The van der Waals surface area contributed by atoms with Gasteiger partial charge in [0.2, 0.25) is 0 Å². The molecule has 0 aliphatic rings. The Hall–Kier alpha value is -2.70. The first-order valence-corrected chi connectivity index (χ1v) is 8.09. The van der Waals surface area contributed by atoms with E-state index in [0.29, 0.717) is 5.82 Å². The molecule has 0 fully saturated rings. The molecule has 2 heterocycles. The second-order valence-corrected chi connectivity index (χ2v) is 7.03. The molecular weight excluding hydrogens is 320 g/mol. The van der Waals surface area contributed by atoms with Gasteiger partial charge in [0.05, 0.1) is 11.3 Å². The van der Waals surface area contributed by atoms with Crippen molar-refractivity contribution in [2.45, 2.75) is 53.2 Å². The van der Waals surface area contributed by atoms with Crippen molar-refractivity contribution in [2.24, 2.45) is 0 Å². The number of carbonyl (C=O) groups excluding carboxylic acids is 2. The molecule has 2 aromatic rings. The van der Waals surface area contributed by atoms with E-state index < -0.39 is 12.1 Å². The maximum absolute atomic E-state index is 12.2. The Labute approximate surface area is 147 Å². The van der Waals surface area contributed by atoms with Gasteiger partial charge in [-0.2, -0.15) is 5.10 Å². The molecule has 0 saturated heterocycles. The molecule has 0 aliphatic heterocycles. The van der Waals surface area contributed by atoms with Gasteiger partial charge in [-0.15, -0.1) is 0 Å². The summed E-state index contributed by atoms with van der Waals surface area (Å²) in [6, 6.07) is 5.24. The molecule has 25 heavy (non-hydrogen) atoms. The summed E-state index contributed by atoms with van der Waals surface area (Å²) in [5, 5.41) is 7.12. The number of pyridine rings is 1. The summed E-state index contributed by atoms with van der Waals surface area (Å²) in [6.07, 6.45) is 0.532. The van der Waals surface area contributed by atoms with Crippen LogP contribution in [-0.4, -0.2) is 38.3 Å². The summed E-state index contributed by atoms with van der Waals surface area (Å²) >= 11 is 0. The second-order valence-electron chi connectivity index (χ2n) is 7.03. The Balaban J connectivity index is 2.05. The van der Waals surface area contributed by atoms with Crippen molar-refractivity contribution < 1.29 is 14.3 Å². The van der Waals surface area contributed by atoms with Crippen molar-refractivity contribution in [1.29, 1.82) is 0 Å². The summed E-state index contributed by atoms with van der Waals surface area (Å²) in [4.78, 5) is 28.4. The highest BCUT2D eigenvalue weighted by Crippen LogP contribution is 2.11. The zero-order chi connectivity index (χ0) is 18.8. The monoisotopic (exact) mass is 344 g/mol. The van der Waals surface area contributed by atoms with Crippen LogP contribution in [-0.2, 0) is 9.53 Å². The number of ether oxygens (including phenoxy) is 1. The molecule has 0 spiro atoms. The van der Waals surface area contributed by atoms with Gasteiger partial charge < -0.3 is 10.1 Å². The van der Waals surface area contributed by atoms with E-state index in [1.807, 2.05) is 40.7 Å². The minimum absolute atomic E-state index is 0.278. The number of hydrogen-bond acceptors (Lipinski definition) is 5. The van der Waals surface area contributed by atoms with Crippen LogP contribution in [0, 0.1) is 13.8 Å². The molecule has 0 bridgehead atoms. The SMILES string of the molecule is Cc1cc(C)n(-c2ccc(C(=O)OC(C)C(=O)NC(C)(C)C)cn2)n1. The van der Waals surface area contributed by atoms with E-state index in [-0.39, 0.29) is 17.0 Å². The number of carbonyl (C=O) groups is 2. The van der Waals surface area contributed by atoms with Crippen LogP contribution in [0.1, 0.15) is 49.4 Å². The molecule has 1 unspecified atom stereocenters. The first kappa shape index (κ1) is 18.6. The van der Waals surface area contributed by atoms with Gasteiger partial charge in [-0.05, 0) is 59.7 Å². The zero-order valence-corrected chi connectivity index (χ0v) is 15.5. The zero-order valence-electron chi connectivity index (χ0n) is 15.5. The molecule has 134 valence electrons. The average molecular weight is 344 g/mol. The number of aryl methyl sites for hydroxylation is 2. The third-order valence-corrected chi connectivity index (χ3v) is 3.36. The van der Waals surface area contributed by atoms with Gasteiger partial charge in [0.25, 0.3) is 5.91 Å². The van der Waals surface area contributed by atoms with Crippen molar-refractivity contribution in [3.05, 3.63) is 41.3 Å². The lowest BCUT2D eigenvalue weighted by atomic mass is 10.1. The summed E-state index contributed by atoms with van der Waals surface area (Å²) in [5.41, 5.74) is 1.73. The van der Waals surface area contributed by atoms with Crippen LogP contribution in [0.4, 0.5) is 0 Å². The number of nitrogens with one attached hydrogen (secondary N) is 1. The first-order valence-electron chi connectivity index (χ1n) is 8.09. The Kier molecular flexibility index (Phi) is 5.25. The van der Waals surface area contributed by atoms with Crippen molar-refractivity contribution in [3.8, 4) is 5.82 Å². The molecule has 1 N–H and O–H groups in total. The fourth-order valence-electron chi connectivity index (χ4n) is 2.25.